The van der Waals surface area contributed by atoms with Crippen molar-refractivity contribution in [3.05, 3.63) is 0 Å². The summed E-state index contributed by atoms with van der Waals surface area (Å²) in [6, 6.07) is 1.54. The predicted octanol–water partition coefficient (Wildman–Crippen LogP) is 1.99. The molecule has 2 N–H and O–H groups in total. The Kier molecular flexibility index (Phi) is 3.45. The Hall–Kier alpha value is -0.0800. The van der Waals surface area contributed by atoms with Gasteiger partial charge < -0.3 is 5.73 Å². The van der Waals surface area contributed by atoms with Gasteiger partial charge in [-0.1, -0.05) is 19.8 Å². The lowest BCUT2D eigenvalue weighted by atomic mass is 9.96. The van der Waals surface area contributed by atoms with Crippen LogP contribution in [0.15, 0.2) is 0 Å². The fourth-order valence-corrected chi connectivity index (χ4v) is 3.33. The Morgan fingerprint density at radius 1 is 1.14 bits per heavy atom. The van der Waals surface area contributed by atoms with Crippen LogP contribution in [-0.2, 0) is 0 Å². The number of nitrogens with zero attached hydrogens (tertiary/aromatic N) is 1. The van der Waals surface area contributed by atoms with E-state index in [-0.39, 0.29) is 0 Å². The van der Waals surface area contributed by atoms with Crippen LogP contribution >= 0.6 is 0 Å². The molecule has 0 aromatic carbocycles. The quantitative estimate of drug-likeness (QED) is 0.732. The molecule has 2 fully saturated rings. The molecule has 0 aromatic heterocycles. The zero-order valence-electron chi connectivity index (χ0n) is 9.41. The molecule has 3 atom stereocenters. The largest absolute Gasteiger partial charge is 0.329 e. The molecule has 2 heteroatoms. The highest BCUT2D eigenvalue weighted by Crippen LogP contribution is 2.33. The normalized spacial score (nSPS) is 40.3. The van der Waals surface area contributed by atoms with Crippen molar-refractivity contribution in [3.8, 4) is 0 Å². The summed E-state index contributed by atoms with van der Waals surface area (Å²) >= 11 is 0. The van der Waals surface area contributed by atoms with E-state index < -0.39 is 0 Å². The van der Waals surface area contributed by atoms with Crippen LogP contribution in [0.3, 0.4) is 0 Å². The van der Waals surface area contributed by atoms with Gasteiger partial charge >= 0.3 is 0 Å². The Labute approximate surface area is 87.8 Å². The van der Waals surface area contributed by atoms with Crippen molar-refractivity contribution in [1.29, 1.82) is 0 Å². The SMILES string of the molecule is CC1CCCC1N1CCCCC1CN. The smallest absolute Gasteiger partial charge is 0.0221 e. The highest BCUT2D eigenvalue weighted by Gasteiger charge is 2.33. The summed E-state index contributed by atoms with van der Waals surface area (Å²) in [5, 5.41) is 0. The molecule has 1 saturated carbocycles. The fraction of sp³-hybridized carbons (Fsp3) is 1.00. The maximum atomic E-state index is 5.87. The first kappa shape index (κ1) is 10.4. The first-order chi connectivity index (χ1) is 6.83. The third-order valence-corrected chi connectivity index (χ3v) is 4.19. The lowest BCUT2D eigenvalue weighted by Crippen LogP contribution is -2.50. The van der Waals surface area contributed by atoms with E-state index >= 15 is 0 Å². The van der Waals surface area contributed by atoms with E-state index in [0.29, 0.717) is 6.04 Å². The second-order valence-corrected chi connectivity index (χ2v) is 5.10. The molecule has 2 nitrogen and oxygen atoms in total. The molecule has 0 amide bonds. The van der Waals surface area contributed by atoms with Gasteiger partial charge in [0.05, 0.1) is 0 Å². The molecule has 1 heterocycles. The number of piperidine rings is 1. The van der Waals surface area contributed by atoms with Gasteiger partial charge in [0.25, 0.3) is 0 Å². The van der Waals surface area contributed by atoms with Crippen LogP contribution in [0.5, 0.6) is 0 Å². The van der Waals surface area contributed by atoms with E-state index in [2.05, 4.69) is 11.8 Å². The van der Waals surface area contributed by atoms with Crippen LogP contribution in [0.1, 0.15) is 45.4 Å². The van der Waals surface area contributed by atoms with Crippen molar-refractivity contribution >= 4 is 0 Å². The molecule has 0 spiro atoms. The lowest BCUT2D eigenvalue weighted by molar-refractivity contribution is 0.0813. The minimum atomic E-state index is 0.689. The number of hydrogen-bond acceptors (Lipinski definition) is 2. The molecule has 0 aromatic rings. The van der Waals surface area contributed by atoms with Crippen molar-refractivity contribution in [2.45, 2.75) is 57.5 Å². The van der Waals surface area contributed by atoms with Gasteiger partial charge in [0.2, 0.25) is 0 Å². The van der Waals surface area contributed by atoms with E-state index in [4.69, 9.17) is 5.73 Å². The lowest BCUT2D eigenvalue weighted by Gasteiger charge is -2.41. The third kappa shape index (κ3) is 1.96. The van der Waals surface area contributed by atoms with Gasteiger partial charge in [0.1, 0.15) is 0 Å². The van der Waals surface area contributed by atoms with Crippen LogP contribution in [0.25, 0.3) is 0 Å². The predicted molar refractivity (Wildman–Crippen MR) is 60.2 cm³/mol. The molecule has 2 rings (SSSR count). The second kappa shape index (κ2) is 4.63. The molecule has 1 aliphatic carbocycles. The van der Waals surface area contributed by atoms with Crippen molar-refractivity contribution in [2.75, 3.05) is 13.1 Å². The van der Waals surface area contributed by atoms with Crippen LogP contribution in [0.2, 0.25) is 0 Å². The van der Waals surface area contributed by atoms with E-state index in [1.807, 2.05) is 0 Å². The van der Waals surface area contributed by atoms with E-state index in [9.17, 15) is 0 Å². The summed E-state index contributed by atoms with van der Waals surface area (Å²) in [4.78, 5) is 2.72. The van der Waals surface area contributed by atoms with Crippen molar-refractivity contribution in [1.82, 2.24) is 4.90 Å². The van der Waals surface area contributed by atoms with Gasteiger partial charge in [-0.05, 0) is 38.1 Å². The summed E-state index contributed by atoms with van der Waals surface area (Å²) in [7, 11) is 0. The molecule has 1 aliphatic heterocycles. The molecule has 2 aliphatic rings. The summed E-state index contributed by atoms with van der Waals surface area (Å²) in [5.74, 6) is 0.905. The van der Waals surface area contributed by atoms with Gasteiger partial charge in [-0.15, -0.1) is 0 Å². The summed E-state index contributed by atoms with van der Waals surface area (Å²) in [6.07, 6.45) is 8.38. The Balaban J connectivity index is 1.99. The second-order valence-electron chi connectivity index (χ2n) is 5.10. The van der Waals surface area contributed by atoms with Crippen LogP contribution in [0, 0.1) is 5.92 Å². The molecule has 82 valence electrons. The van der Waals surface area contributed by atoms with Gasteiger partial charge in [-0.3, -0.25) is 4.90 Å². The average molecular weight is 196 g/mol. The minimum absolute atomic E-state index is 0.689. The Morgan fingerprint density at radius 3 is 2.64 bits per heavy atom. The van der Waals surface area contributed by atoms with Crippen LogP contribution < -0.4 is 5.73 Å². The van der Waals surface area contributed by atoms with E-state index in [1.54, 1.807) is 0 Å². The van der Waals surface area contributed by atoms with Crippen molar-refractivity contribution < 1.29 is 0 Å². The van der Waals surface area contributed by atoms with Crippen molar-refractivity contribution in [2.24, 2.45) is 11.7 Å². The van der Waals surface area contributed by atoms with Crippen LogP contribution in [0.4, 0.5) is 0 Å². The first-order valence-corrected chi connectivity index (χ1v) is 6.28. The fourth-order valence-electron chi connectivity index (χ4n) is 3.33. The molecular formula is C12H24N2. The van der Waals surface area contributed by atoms with Gasteiger partial charge in [-0.25, -0.2) is 0 Å². The molecule has 14 heavy (non-hydrogen) atoms. The van der Waals surface area contributed by atoms with Crippen molar-refractivity contribution in [3.63, 3.8) is 0 Å². The van der Waals surface area contributed by atoms with E-state index in [1.165, 1.54) is 45.1 Å². The molecule has 1 saturated heterocycles. The summed E-state index contributed by atoms with van der Waals surface area (Å²) in [6.45, 7) is 4.58. The third-order valence-electron chi connectivity index (χ3n) is 4.19. The van der Waals surface area contributed by atoms with Gasteiger partial charge in [0.15, 0.2) is 0 Å². The molecule has 0 radical (unpaired) electrons. The maximum absolute atomic E-state index is 5.87. The van der Waals surface area contributed by atoms with Gasteiger partial charge in [0, 0.05) is 18.6 Å². The highest BCUT2D eigenvalue weighted by atomic mass is 15.2. The summed E-state index contributed by atoms with van der Waals surface area (Å²) < 4.78 is 0. The Morgan fingerprint density at radius 2 is 2.00 bits per heavy atom. The number of hydrogen-bond donors (Lipinski definition) is 1. The standard InChI is InChI=1S/C12H24N2/c1-10-5-4-7-12(10)14-8-3-2-6-11(14)9-13/h10-12H,2-9,13H2,1H3. The Bertz CT molecular complexity index is 181. The topological polar surface area (TPSA) is 29.3 Å². The van der Waals surface area contributed by atoms with E-state index in [0.717, 1.165) is 18.5 Å². The molecule has 0 bridgehead atoms. The molecule has 3 unspecified atom stereocenters. The zero-order chi connectivity index (χ0) is 9.97. The summed E-state index contributed by atoms with van der Waals surface area (Å²) in [5.41, 5.74) is 5.87. The maximum Gasteiger partial charge on any atom is 0.0221 e. The van der Waals surface area contributed by atoms with Crippen LogP contribution in [-0.4, -0.2) is 30.1 Å². The highest BCUT2D eigenvalue weighted by molar-refractivity contribution is 4.89. The monoisotopic (exact) mass is 196 g/mol. The first-order valence-electron chi connectivity index (χ1n) is 6.28. The molecular weight excluding hydrogens is 172 g/mol. The van der Waals surface area contributed by atoms with Gasteiger partial charge in [-0.2, -0.15) is 0 Å². The number of rotatable bonds is 2. The minimum Gasteiger partial charge on any atom is -0.329 e. The number of likely N-dealkylation sites (tertiary alicyclic amines) is 1. The number of nitrogens with two attached hydrogens (primary N) is 1. The zero-order valence-corrected chi connectivity index (χ0v) is 9.41. The average Bonchev–Trinajstić information content (AvgIpc) is 2.64.